The van der Waals surface area contributed by atoms with E-state index in [9.17, 15) is 4.79 Å². The van der Waals surface area contributed by atoms with Gasteiger partial charge in [-0.25, -0.2) is 4.98 Å². The summed E-state index contributed by atoms with van der Waals surface area (Å²) in [4.78, 5) is 26.5. The number of amides is 1. The molecule has 7 rings (SSSR count). The number of aryl methyl sites for hydroxylation is 1. The van der Waals surface area contributed by atoms with Crippen LogP contribution in [0.4, 0.5) is 5.82 Å². The van der Waals surface area contributed by atoms with Crippen molar-refractivity contribution < 1.29 is 4.79 Å². The molecule has 3 aliphatic heterocycles. The van der Waals surface area contributed by atoms with Gasteiger partial charge >= 0.3 is 0 Å². The van der Waals surface area contributed by atoms with Crippen molar-refractivity contribution in [2.24, 2.45) is 5.92 Å². The number of hydrogen-bond acceptors (Lipinski definition) is 6. The van der Waals surface area contributed by atoms with E-state index in [1.807, 2.05) is 30.5 Å². The molecule has 4 aromatic rings. The Morgan fingerprint density at radius 3 is 2.66 bits per heavy atom. The number of nitrogens with one attached hydrogen (secondary N) is 3. The van der Waals surface area contributed by atoms with Crippen LogP contribution in [0.5, 0.6) is 0 Å². The number of aromatic amines is 1. The van der Waals surface area contributed by atoms with Gasteiger partial charge in [-0.3, -0.25) is 14.4 Å². The molecule has 41 heavy (non-hydrogen) atoms. The molecule has 6 heterocycles. The average Bonchev–Trinajstić information content (AvgIpc) is 3.70. The largest absolute Gasteiger partial charge is 0.357 e. The van der Waals surface area contributed by atoms with E-state index >= 15 is 0 Å². The lowest BCUT2D eigenvalue weighted by molar-refractivity contribution is 0.102. The Balaban J connectivity index is 1.05. The third-order valence-corrected chi connectivity index (χ3v) is 9.68. The van der Waals surface area contributed by atoms with Crippen LogP contribution in [0.3, 0.4) is 0 Å². The number of fused-ring (bicyclic) bond motifs is 2. The van der Waals surface area contributed by atoms with Gasteiger partial charge in [0, 0.05) is 60.0 Å². The summed E-state index contributed by atoms with van der Waals surface area (Å²) in [5.74, 6) is 1.23. The van der Waals surface area contributed by atoms with E-state index in [1.54, 1.807) is 0 Å². The summed E-state index contributed by atoms with van der Waals surface area (Å²) in [6.07, 6.45) is 9.00. The molecule has 1 aromatic carbocycles. The number of likely N-dealkylation sites (tertiary alicyclic amines) is 2. The Morgan fingerprint density at radius 2 is 1.88 bits per heavy atom. The zero-order chi connectivity index (χ0) is 27.9. The van der Waals surface area contributed by atoms with Crippen molar-refractivity contribution in [3.63, 3.8) is 0 Å². The summed E-state index contributed by atoms with van der Waals surface area (Å²) in [5.41, 5.74) is 4.91. The highest BCUT2D eigenvalue weighted by molar-refractivity contribution is 6.06. The summed E-state index contributed by atoms with van der Waals surface area (Å²) >= 11 is 0. The van der Waals surface area contributed by atoms with Crippen LogP contribution < -0.4 is 10.6 Å². The monoisotopic (exact) mass is 554 g/mol. The molecule has 0 saturated carbocycles. The third-order valence-electron chi connectivity index (χ3n) is 9.68. The normalized spacial score (nSPS) is 21.8. The minimum Gasteiger partial charge on any atom is -0.357 e. The average molecular weight is 555 g/mol. The summed E-state index contributed by atoms with van der Waals surface area (Å²) in [5, 5.41) is 13.7. The number of nitrogens with zero attached hydrogens (tertiary/aromatic N) is 5. The number of piperidine rings is 2. The van der Waals surface area contributed by atoms with Crippen molar-refractivity contribution in [2.75, 3.05) is 51.6 Å². The van der Waals surface area contributed by atoms with Gasteiger partial charge in [0.2, 0.25) is 0 Å². The van der Waals surface area contributed by atoms with Gasteiger partial charge in [0.05, 0.1) is 22.8 Å². The number of pyridine rings is 1. The second-order valence-corrected chi connectivity index (χ2v) is 12.5. The predicted octanol–water partition coefficient (Wildman–Crippen LogP) is 4.88. The topological polar surface area (TPSA) is 94.1 Å². The Bertz CT molecular complexity index is 1540. The molecule has 0 aliphatic carbocycles. The van der Waals surface area contributed by atoms with Crippen LogP contribution in [0.15, 0.2) is 36.5 Å². The number of anilines is 1. The molecule has 0 unspecified atom stereocenters. The second kappa shape index (κ2) is 11.2. The van der Waals surface area contributed by atoms with Gasteiger partial charge < -0.3 is 20.5 Å². The maximum absolute atomic E-state index is 13.4. The van der Waals surface area contributed by atoms with Crippen molar-refractivity contribution in [1.82, 2.24) is 34.9 Å². The zero-order valence-electron chi connectivity index (χ0n) is 24.3. The fourth-order valence-corrected chi connectivity index (χ4v) is 7.28. The van der Waals surface area contributed by atoms with E-state index in [1.165, 1.54) is 31.5 Å². The number of carbonyl (C=O) groups excluding carboxylic acids is 1. The minimum atomic E-state index is -0.150. The number of H-pyrrole nitrogens is 1. The Hall–Kier alpha value is -3.27. The molecule has 0 bridgehead atoms. The highest BCUT2D eigenvalue weighted by atomic mass is 16.1. The molecular weight excluding hydrogens is 512 g/mol. The summed E-state index contributed by atoms with van der Waals surface area (Å²) in [7, 11) is 2.18. The molecule has 0 spiro atoms. The van der Waals surface area contributed by atoms with Gasteiger partial charge in [0.1, 0.15) is 5.82 Å². The van der Waals surface area contributed by atoms with E-state index < -0.39 is 0 Å². The smallest absolute Gasteiger partial charge is 0.256 e. The molecule has 9 heteroatoms. The van der Waals surface area contributed by atoms with Crippen LogP contribution in [-0.2, 0) is 0 Å². The fraction of sp³-hybridized carbons (Fsp3) is 0.531. The van der Waals surface area contributed by atoms with Gasteiger partial charge in [-0.05, 0) is 96.2 Å². The van der Waals surface area contributed by atoms with Crippen molar-refractivity contribution in [3.8, 4) is 0 Å². The maximum Gasteiger partial charge on any atom is 0.256 e. The van der Waals surface area contributed by atoms with E-state index in [4.69, 9.17) is 5.10 Å². The number of aromatic nitrogens is 4. The third kappa shape index (κ3) is 5.38. The predicted molar refractivity (Wildman–Crippen MR) is 163 cm³/mol. The molecule has 3 aliphatic rings. The fourth-order valence-electron chi connectivity index (χ4n) is 7.28. The van der Waals surface area contributed by atoms with Crippen molar-refractivity contribution >= 4 is 33.5 Å². The van der Waals surface area contributed by atoms with Crippen LogP contribution in [0.1, 0.15) is 72.4 Å². The summed E-state index contributed by atoms with van der Waals surface area (Å²) in [6.45, 7) is 8.95. The van der Waals surface area contributed by atoms with Gasteiger partial charge in [-0.15, -0.1) is 0 Å². The van der Waals surface area contributed by atoms with E-state index in [2.05, 4.69) is 55.1 Å². The van der Waals surface area contributed by atoms with Gasteiger partial charge in [-0.1, -0.05) is 6.07 Å². The first kappa shape index (κ1) is 26.6. The SMILES string of the molecule is Cc1nn(C2CCN(CC3CCNCC3)CC2)c2cc(C(=O)Nc3cc4[nH]c([C@H]5CCCN5C)cc4cn3)ccc12. The van der Waals surface area contributed by atoms with Crippen LogP contribution in [0, 0.1) is 12.8 Å². The Morgan fingerprint density at radius 1 is 1.05 bits per heavy atom. The molecule has 0 radical (unpaired) electrons. The van der Waals surface area contributed by atoms with Crippen LogP contribution in [-0.4, -0.2) is 81.8 Å². The summed E-state index contributed by atoms with van der Waals surface area (Å²) < 4.78 is 2.19. The molecule has 216 valence electrons. The lowest BCUT2D eigenvalue weighted by Crippen LogP contribution is -2.40. The van der Waals surface area contributed by atoms with Crippen LogP contribution in [0.2, 0.25) is 0 Å². The van der Waals surface area contributed by atoms with E-state index in [-0.39, 0.29) is 5.91 Å². The highest BCUT2D eigenvalue weighted by Crippen LogP contribution is 2.33. The highest BCUT2D eigenvalue weighted by Gasteiger charge is 2.26. The number of rotatable bonds is 6. The lowest BCUT2D eigenvalue weighted by atomic mass is 9.96. The quantitative estimate of drug-likeness (QED) is 0.315. The second-order valence-electron chi connectivity index (χ2n) is 12.5. The maximum atomic E-state index is 13.4. The standard InChI is InChI=1S/C32H42N8O/c1-21-26-6-5-23(17-30(26)40(37-21)25-9-14-39(15-10-25)20-22-7-11-33-12-8-22)32(41)36-31-18-27-24(19-34-31)16-28(35-27)29-4-3-13-38(29)2/h5-6,16-19,22,25,29,33,35H,3-4,7-15,20H2,1-2H3,(H,34,36,41)/t29-/m1/s1. The first-order valence-corrected chi connectivity index (χ1v) is 15.4. The molecule has 1 amide bonds. The van der Waals surface area contributed by atoms with Crippen molar-refractivity contribution in [2.45, 2.75) is 57.5 Å². The van der Waals surface area contributed by atoms with E-state index in [0.29, 0.717) is 23.5 Å². The van der Waals surface area contributed by atoms with Gasteiger partial charge in [0.25, 0.3) is 5.91 Å². The first-order valence-electron chi connectivity index (χ1n) is 15.4. The Kier molecular flexibility index (Phi) is 7.27. The molecular formula is C32H42N8O. The van der Waals surface area contributed by atoms with Crippen molar-refractivity contribution in [1.29, 1.82) is 0 Å². The number of carbonyl (C=O) groups is 1. The first-order chi connectivity index (χ1) is 20.0. The van der Waals surface area contributed by atoms with Crippen molar-refractivity contribution in [3.05, 3.63) is 53.5 Å². The van der Waals surface area contributed by atoms with Crippen LogP contribution >= 0.6 is 0 Å². The summed E-state index contributed by atoms with van der Waals surface area (Å²) in [6, 6.07) is 10.9. The molecule has 3 fully saturated rings. The van der Waals surface area contributed by atoms with E-state index in [0.717, 1.165) is 85.4 Å². The minimum absolute atomic E-state index is 0.150. The molecule has 3 saturated heterocycles. The Labute approximate surface area is 241 Å². The molecule has 9 nitrogen and oxygen atoms in total. The molecule has 3 N–H and O–H groups in total. The van der Waals surface area contributed by atoms with Gasteiger partial charge in [-0.2, -0.15) is 5.10 Å². The van der Waals surface area contributed by atoms with Crippen LogP contribution in [0.25, 0.3) is 21.8 Å². The molecule has 1 atom stereocenters. The number of benzene rings is 1. The van der Waals surface area contributed by atoms with Gasteiger partial charge in [0.15, 0.2) is 0 Å². The zero-order valence-corrected chi connectivity index (χ0v) is 24.3. The lowest BCUT2D eigenvalue weighted by Gasteiger charge is -2.35. The number of hydrogen-bond donors (Lipinski definition) is 3. The molecule has 3 aromatic heterocycles.